The average molecular weight is 522 g/mol. The maximum absolute atomic E-state index is 4.87. The molecule has 0 fully saturated rings. The van der Waals surface area contributed by atoms with E-state index < -0.39 is 0 Å². The molecule has 164 valence electrons. The lowest BCUT2D eigenvalue weighted by molar-refractivity contribution is 0.473. The number of aryl methyl sites for hydroxylation is 1. The maximum atomic E-state index is 4.87. The van der Waals surface area contributed by atoms with E-state index in [0.29, 0.717) is 12.5 Å². The predicted molar refractivity (Wildman–Crippen MR) is 137 cm³/mol. The summed E-state index contributed by atoms with van der Waals surface area (Å²) in [6.07, 6.45) is 6.54. The Morgan fingerprint density at radius 3 is 2.47 bits per heavy atom. The molecule has 0 bridgehead atoms. The zero-order chi connectivity index (χ0) is 20.8. The van der Waals surface area contributed by atoms with E-state index in [2.05, 4.69) is 90.6 Å². The lowest BCUT2D eigenvalue weighted by atomic mass is 10.1. The van der Waals surface area contributed by atoms with Crippen molar-refractivity contribution in [3.8, 4) is 0 Å². The lowest BCUT2D eigenvalue weighted by Gasteiger charge is -2.22. The van der Waals surface area contributed by atoms with Crippen molar-refractivity contribution in [3.63, 3.8) is 0 Å². The second-order valence-electron chi connectivity index (χ2n) is 7.94. The number of benzene rings is 1. The number of rotatable bonds is 7. The van der Waals surface area contributed by atoms with Crippen molar-refractivity contribution in [1.29, 1.82) is 0 Å². The van der Waals surface area contributed by atoms with Gasteiger partial charge in [-0.2, -0.15) is 5.10 Å². The van der Waals surface area contributed by atoms with Crippen molar-refractivity contribution in [2.24, 2.45) is 12.0 Å². The Hall–Kier alpha value is -2.03. The quantitative estimate of drug-likeness (QED) is 0.257. The SMILES string of the molecule is CCNC(=NCc1ccc(N2CC=CC2)cc1)N(C)Cc1cn(C)nc1C(C)C.I. The number of nitrogens with zero attached hydrogens (tertiary/aromatic N) is 5. The molecular weight excluding hydrogens is 487 g/mol. The van der Waals surface area contributed by atoms with Gasteiger partial charge < -0.3 is 15.1 Å². The highest BCUT2D eigenvalue weighted by molar-refractivity contribution is 14.0. The standard InChI is InChI=1S/C23H34N6.HI/c1-6-24-23(27(4)16-20-17-28(5)26-22(20)18(2)3)25-15-19-9-11-21(12-10-19)29-13-7-8-14-29;/h7-12,17-18H,6,13-16H2,1-5H3,(H,24,25);1H. The predicted octanol–water partition coefficient (Wildman–Crippen LogP) is 4.14. The number of nitrogens with one attached hydrogen (secondary N) is 1. The molecule has 0 atom stereocenters. The van der Waals surface area contributed by atoms with Crippen LogP contribution < -0.4 is 10.2 Å². The van der Waals surface area contributed by atoms with Crippen LogP contribution in [0, 0.1) is 0 Å². The van der Waals surface area contributed by atoms with Gasteiger partial charge in [0.2, 0.25) is 0 Å². The van der Waals surface area contributed by atoms with Crippen molar-refractivity contribution < 1.29 is 0 Å². The van der Waals surface area contributed by atoms with Gasteiger partial charge >= 0.3 is 0 Å². The topological polar surface area (TPSA) is 48.7 Å². The van der Waals surface area contributed by atoms with E-state index in [1.807, 2.05) is 11.7 Å². The van der Waals surface area contributed by atoms with Crippen molar-refractivity contribution in [3.05, 3.63) is 59.4 Å². The van der Waals surface area contributed by atoms with Gasteiger partial charge in [-0.1, -0.05) is 38.1 Å². The molecule has 0 spiro atoms. The van der Waals surface area contributed by atoms with E-state index in [1.165, 1.54) is 16.8 Å². The van der Waals surface area contributed by atoms with E-state index >= 15 is 0 Å². The Bertz CT molecular complexity index is 845. The average Bonchev–Trinajstić information content (AvgIpc) is 3.35. The van der Waals surface area contributed by atoms with E-state index in [4.69, 9.17) is 4.99 Å². The van der Waals surface area contributed by atoms with Crippen LogP contribution >= 0.6 is 24.0 Å². The minimum atomic E-state index is 0. The van der Waals surface area contributed by atoms with Crippen LogP contribution in [0.25, 0.3) is 0 Å². The Morgan fingerprint density at radius 2 is 1.87 bits per heavy atom. The molecule has 0 saturated heterocycles. The minimum Gasteiger partial charge on any atom is -0.364 e. The molecule has 1 N–H and O–H groups in total. The number of aliphatic imine (C=N–C) groups is 1. The molecule has 2 aromatic rings. The molecule has 0 saturated carbocycles. The molecule has 0 radical (unpaired) electrons. The van der Waals surface area contributed by atoms with Gasteiger partial charge in [0.1, 0.15) is 0 Å². The first-order valence-electron chi connectivity index (χ1n) is 10.5. The Morgan fingerprint density at radius 1 is 1.20 bits per heavy atom. The van der Waals surface area contributed by atoms with E-state index in [0.717, 1.165) is 37.8 Å². The Balaban J connectivity index is 0.00000320. The summed E-state index contributed by atoms with van der Waals surface area (Å²) in [5.74, 6) is 1.32. The van der Waals surface area contributed by atoms with Crippen molar-refractivity contribution >= 4 is 35.6 Å². The Kier molecular flexibility index (Phi) is 9.20. The summed E-state index contributed by atoms with van der Waals surface area (Å²) >= 11 is 0. The van der Waals surface area contributed by atoms with Crippen molar-refractivity contribution in [2.75, 3.05) is 31.6 Å². The van der Waals surface area contributed by atoms with E-state index in [9.17, 15) is 0 Å². The van der Waals surface area contributed by atoms with Gasteiger partial charge in [-0.25, -0.2) is 4.99 Å². The molecule has 6 nitrogen and oxygen atoms in total. The lowest BCUT2D eigenvalue weighted by Crippen LogP contribution is -2.38. The van der Waals surface area contributed by atoms with Gasteiger partial charge in [-0.15, -0.1) is 24.0 Å². The summed E-state index contributed by atoms with van der Waals surface area (Å²) in [6.45, 7) is 10.8. The number of guanidine groups is 1. The van der Waals surface area contributed by atoms with E-state index in [-0.39, 0.29) is 24.0 Å². The monoisotopic (exact) mass is 522 g/mol. The smallest absolute Gasteiger partial charge is 0.194 e. The molecule has 1 aliphatic rings. The van der Waals surface area contributed by atoms with Crippen LogP contribution in [-0.2, 0) is 20.1 Å². The van der Waals surface area contributed by atoms with Crippen LogP contribution in [0.4, 0.5) is 5.69 Å². The fourth-order valence-electron chi connectivity index (χ4n) is 3.63. The number of hydrogen-bond acceptors (Lipinski definition) is 3. The zero-order valence-electron chi connectivity index (χ0n) is 18.8. The normalized spacial score (nSPS) is 13.7. The first kappa shape index (κ1) is 24.2. The summed E-state index contributed by atoms with van der Waals surface area (Å²) in [5.41, 5.74) is 4.89. The molecular formula is C23H35IN6. The van der Waals surface area contributed by atoms with Crippen molar-refractivity contribution in [1.82, 2.24) is 20.0 Å². The van der Waals surface area contributed by atoms with E-state index in [1.54, 1.807) is 0 Å². The van der Waals surface area contributed by atoms with Gasteiger partial charge in [-0.05, 0) is 30.5 Å². The van der Waals surface area contributed by atoms with Crippen LogP contribution in [0.1, 0.15) is 43.5 Å². The molecule has 0 amide bonds. The van der Waals surface area contributed by atoms with Gasteiger partial charge in [0.25, 0.3) is 0 Å². The highest BCUT2D eigenvalue weighted by atomic mass is 127. The van der Waals surface area contributed by atoms with Crippen LogP contribution in [0.15, 0.2) is 47.6 Å². The highest BCUT2D eigenvalue weighted by Gasteiger charge is 2.15. The fourth-order valence-corrected chi connectivity index (χ4v) is 3.63. The fraction of sp³-hybridized carbons (Fsp3) is 0.478. The van der Waals surface area contributed by atoms with Crippen LogP contribution in [-0.4, -0.2) is 47.3 Å². The zero-order valence-corrected chi connectivity index (χ0v) is 21.1. The summed E-state index contributed by atoms with van der Waals surface area (Å²) in [6, 6.07) is 8.75. The first-order valence-corrected chi connectivity index (χ1v) is 10.5. The number of anilines is 1. The maximum Gasteiger partial charge on any atom is 0.194 e. The molecule has 3 rings (SSSR count). The van der Waals surface area contributed by atoms with Gasteiger partial charge in [-0.3, -0.25) is 4.68 Å². The molecule has 2 heterocycles. The summed E-state index contributed by atoms with van der Waals surface area (Å²) in [4.78, 5) is 9.40. The second kappa shape index (κ2) is 11.4. The minimum absolute atomic E-state index is 0. The molecule has 1 aromatic heterocycles. The highest BCUT2D eigenvalue weighted by Crippen LogP contribution is 2.19. The van der Waals surface area contributed by atoms with Crippen molar-refractivity contribution in [2.45, 2.75) is 39.8 Å². The summed E-state index contributed by atoms with van der Waals surface area (Å²) < 4.78 is 1.90. The molecule has 30 heavy (non-hydrogen) atoms. The first-order chi connectivity index (χ1) is 14.0. The number of hydrogen-bond donors (Lipinski definition) is 1. The molecule has 1 aliphatic heterocycles. The second-order valence-corrected chi connectivity index (χ2v) is 7.94. The van der Waals surface area contributed by atoms with Gasteiger partial charge in [0.15, 0.2) is 5.96 Å². The number of halogens is 1. The summed E-state index contributed by atoms with van der Waals surface area (Å²) in [5, 5.41) is 8.04. The van der Waals surface area contributed by atoms with Crippen LogP contribution in [0.5, 0.6) is 0 Å². The van der Waals surface area contributed by atoms with Gasteiger partial charge in [0.05, 0.1) is 12.2 Å². The number of aromatic nitrogens is 2. The van der Waals surface area contributed by atoms with Crippen LogP contribution in [0.2, 0.25) is 0 Å². The summed E-state index contributed by atoms with van der Waals surface area (Å²) in [7, 11) is 4.07. The third-order valence-electron chi connectivity index (χ3n) is 5.12. The van der Waals surface area contributed by atoms with Gasteiger partial charge in [0, 0.05) is 57.7 Å². The third kappa shape index (κ3) is 6.23. The Labute approximate surface area is 198 Å². The molecule has 7 heteroatoms. The molecule has 1 aromatic carbocycles. The molecule has 0 aliphatic carbocycles. The largest absolute Gasteiger partial charge is 0.364 e. The van der Waals surface area contributed by atoms with Crippen LogP contribution in [0.3, 0.4) is 0 Å². The third-order valence-corrected chi connectivity index (χ3v) is 5.12. The molecule has 0 unspecified atom stereocenters.